The second-order valence-corrected chi connectivity index (χ2v) is 8.03. The summed E-state index contributed by atoms with van der Waals surface area (Å²) in [5.74, 6) is 3.14. The summed E-state index contributed by atoms with van der Waals surface area (Å²) in [6.45, 7) is 0. The molecule has 156 valence electrons. The van der Waals surface area contributed by atoms with Crippen LogP contribution < -0.4 is 9.47 Å². The number of unbranched alkanes of at least 4 members (excludes halogenated alkanes) is 4. The number of esters is 2. The summed E-state index contributed by atoms with van der Waals surface area (Å²) >= 11 is 1.94. The molecule has 2 rings (SSSR count). The number of benzene rings is 2. The van der Waals surface area contributed by atoms with E-state index >= 15 is 0 Å². The average molecular weight is 415 g/mol. The molecule has 0 aliphatic rings. The Morgan fingerprint density at radius 3 is 1.41 bits per heavy atom. The minimum Gasteiger partial charge on any atom is -0.427 e. The van der Waals surface area contributed by atoms with E-state index in [2.05, 4.69) is 0 Å². The molecule has 0 fully saturated rings. The lowest BCUT2D eigenvalue weighted by atomic mass is 10.2. The largest absolute Gasteiger partial charge is 0.427 e. The highest BCUT2D eigenvalue weighted by atomic mass is 32.2. The van der Waals surface area contributed by atoms with Gasteiger partial charge in [0.1, 0.15) is 11.5 Å². The first-order chi connectivity index (χ1) is 14.2. The van der Waals surface area contributed by atoms with Gasteiger partial charge in [-0.25, -0.2) is 0 Å². The van der Waals surface area contributed by atoms with Crippen LogP contribution in [0.2, 0.25) is 0 Å². The van der Waals surface area contributed by atoms with Gasteiger partial charge in [-0.2, -0.15) is 11.8 Å². The summed E-state index contributed by atoms with van der Waals surface area (Å²) in [5, 5.41) is 0. The number of carbonyl (C=O) groups is 2. The summed E-state index contributed by atoms with van der Waals surface area (Å²) < 4.78 is 10.5. The molecule has 0 aromatic heterocycles. The van der Waals surface area contributed by atoms with Crippen molar-refractivity contribution in [3.05, 3.63) is 60.7 Å². The molecule has 0 unspecified atom stereocenters. The van der Waals surface area contributed by atoms with Crippen LogP contribution in [-0.2, 0) is 9.59 Å². The minimum absolute atomic E-state index is 0.158. The monoisotopic (exact) mass is 414 g/mol. The van der Waals surface area contributed by atoms with E-state index in [-0.39, 0.29) is 11.9 Å². The van der Waals surface area contributed by atoms with Crippen LogP contribution in [-0.4, -0.2) is 23.4 Å². The highest BCUT2D eigenvalue weighted by Crippen LogP contribution is 2.14. The van der Waals surface area contributed by atoms with Gasteiger partial charge in [0, 0.05) is 12.8 Å². The summed E-state index contributed by atoms with van der Waals surface area (Å²) in [4.78, 5) is 23.5. The lowest BCUT2D eigenvalue weighted by Crippen LogP contribution is -2.07. The molecule has 0 N–H and O–H groups in total. The molecule has 0 aliphatic heterocycles. The summed E-state index contributed by atoms with van der Waals surface area (Å²) in [6, 6.07) is 18.4. The van der Waals surface area contributed by atoms with Crippen molar-refractivity contribution < 1.29 is 19.1 Å². The molecule has 0 atom stereocenters. The van der Waals surface area contributed by atoms with Crippen LogP contribution in [0.1, 0.15) is 51.4 Å². The minimum atomic E-state index is -0.158. The predicted molar refractivity (Wildman–Crippen MR) is 118 cm³/mol. The molecule has 0 spiro atoms. The first kappa shape index (κ1) is 23.0. The fraction of sp³-hybridized carbons (Fsp3) is 0.417. The number of thioether (sulfide) groups is 1. The first-order valence-electron chi connectivity index (χ1n) is 10.3. The third-order valence-corrected chi connectivity index (χ3v) is 5.44. The Morgan fingerprint density at radius 1 is 0.586 bits per heavy atom. The van der Waals surface area contributed by atoms with Crippen molar-refractivity contribution in [2.75, 3.05) is 11.5 Å². The van der Waals surface area contributed by atoms with Gasteiger partial charge in [-0.15, -0.1) is 0 Å². The van der Waals surface area contributed by atoms with Crippen molar-refractivity contribution in [2.24, 2.45) is 0 Å². The molecule has 0 heterocycles. The van der Waals surface area contributed by atoms with Crippen molar-refractivity contribution in [1.29, 1.82) is 0 Å². The molecule has 0 radical (unpaired) electrons. The van der Waals surface area contributed by atoms with Gasteiger partial charge in [0.2, 0.25) is 0 Å². The maximum Gasteiger partial charge on any atom is 0.311 e. The highest BCUT2D eigenvalue weighted by molar-refractivity contribution is 7.99. The Bertz CT molecular complexity index is 642. The van der Waals surface area contributed by atoms with Gasteiger partial charge < -0.3 is 9.47 Å². The smallest absolute Gasteiger partial charge is 0.311 e. The van der Waals surface area contributed by atoms with E-state index in [9.17, 15) is 9.59 Å². The van der Waals surface area contributed by atoms with Crippen LogP contribution >= 0.6 is 11.8 Å². The summed E-state index contributed by atoms with van der Waals surface area (Å²) in [7, 11) is 0. The molecule has 0 amide bonds. The number of rotatable bonds is 14. The first-order valence-corrected chi connectivity index (χ1v) is 11.5. The van der Waals surface area contributed by atoms with Crippen LogP contribution in [0.15, 0.2) is 60.7 Å². The van der Waals surface area contributed by atoms with Crippen LogP contribution in [0.4, 0.5) is 0 Å². The van der Waals surface area contributed by atoms with Gasteiger partial charge in [0.05, 0.1) is 0 Å². The van der Waals surface area contributed by atoms with Gasteiger partial charge in [-0.05, 0) is 61.5 Å². The molecule has 2 aromatic rings. The van der Waals surface area contributed by atoms with Crippen LogP contribution in [0, 0.1) is 0 Å². The molecule has 0 saturated carbocycles. The Kier molecular flexibility index (Phi) is 11.7. The molecule has 5 heteroatoms. The van der Waals surface area contributed by atoms with Crippen molar-refractivity contribution in [3.63, 3.8) is 0 Å². The molecule has 0 bridgehead atoms. The fourth-order valence-electron chi connectivity index (χ4n) is 2.74. The second kappa shape index (κ2) is 14.7. The number of ether oxygens (including phenoxy) is 2. The van der Waals surface area contributed by atoms with Gasteiger partial charge in [0.25, 0.3) is 0 Å². The van der Waals surface area contributed by atoms with E-state index in [1.54, 1.807) is 24.3 Å². The maximum atomic E-state index is 11.7. The highest BCUT2D eigenvalue weighted by Gasteiger charge is 2.05. The Hall–Kier alpha value is -2.27. The molecule has 0 saturated heterocycles. The van der Waals surface area contributed by atoms with Crippen LogP contribution in [0.3, 0.4) is 0 Å². The fourth-order valence-corrected chi connectivity index (χ4v) is 3.77. The zero-order valence-electron chi connectivity index (χ0n) is 16.9. The lowest BCUT2D eigenvalue weighted by Gasteiger charge is -2.05. The van der Waals surface area contributed by atoms with E-state index < -0.39 is 0 Å². The quantitative estimate of drug-likeness (QED) is 0.214. The predicted octanol–water partition coefficient (Wildman–Crippen LogP) is 6.05. The van der Waals surface area contributed by atoms with Crippen molar-refractivity contribution in [2.45, 2.75) is 51.4 Å². The van der Waals surface area contributed by atoms with Gasteiger partial charge in [-0.3, -0.25) is 9.59 Å². The molecule has 2 aromatic carbocycles. The topological polar surface area (TPSA) is 52.6 Å². The van der Waals surface area contributed by atoms with E-state index in [1.807, 2.05) is 48.2 Å². The van der Waals surface area contributed by atoms with Crippen molar-refractivity contribution >= 4 is 23.7 Å². The van der Waals surface area contributed by atoms with Crippen LogP contribution in [0.25, 0.3) is 0 Å². The van der Waals surface area contributed by atoms with Gasteiger partial charge >= 0.3 is 11.9 Å². The summed E-state index contributed by atoms with van der Waals surface area (Å²) in [5.41, 5.74) is 0. The summed E-state index contributed by atoms with van der Waals surface area (Å²) in [6.07, 6.45) is 7.01. The molecular weight excluding hydrogens is 384 g/mol. The maximum absolute atomic E-state index is 11.7. The van der Waals surface area contributed by atoms with E-state index in [4.69, 9.17) is 9.47 Å². The van der Waals surface area contributed by atoms with Gasteiger partial charge in [0.15, 0.2) is 0 Å². The molecular formula is C24H30O4S. The number of para-hydroxylation sites is 2. The second-order valence-electron chi connectivity index (χ2n) is 6.81. The third-order valence-electron chi connectivity index (χ3n) is 4.29. The number of hydrogen-bond donors (Lipinski definition) is 0. The molecule has 29 heavy (non-hydrogen) atoms. The average Bonchev–Trinajstić information content (AvgIpc) is 2.73. The Morgan fingerprint density at radius 2 is 1.00 bits per heavy atom. The molecule has 0 aliphatic carbocycles. The zero-order chi connectivity index (χ0) is 20.6. The van der Waals surface area contributed by atoms with E-state index in [0.29, 0.717) is 24.3 Å². The van der Waals surface area contributed by atoms with Crippen LogP contribution in [0.5, 0.6) is 11.5 Å². The van der Waals surface area contributed by atoms with Crippen molar-refractivity contribution in [3.8, 4) is 11.5 Å². The zero-order valence-corrected chi connectivity index (χ0v) is 17.7. The Balaban J connectivity index is 1.35. The van der Waals surface area contributed by atoms with E-state index in [0.717, 1.165) is 50.0 Å². The standard InChI is InChI=1S/C24H30O4S/c25-23(27-21-13-5-1-6-14-21)17-9-3-11-19-29-20-12-4-10-18-24(26)28-22-15-7-2-8-16-22/h1-2,5-8,13-16H,3-4,9-12,17-20H2. The molecule has 4 nitrogen and oxygen atoms in total. The third kappa shape index (κ3) is 11.3. The number of hydrogen-bond acceptors (Lipinski definition) is 5. The normalized spacial score (nSPS) is 10.5. The number of carbonyl (C=O) groups excluding carboxylic acids is 2. The lowest BCUT2D eigenvalue weighted by molar-refractivity contribution is -0.135. The van der Waals surface area contributed by atoms with Gasteiger partial charge in [-0.1, -0.05) is 49.2 Å². The SMILES string of the molecule is O=C(CCCCCSCCCCCC(=O)Oc1ccccc1)Oc1ccccc1. The van der Waals surface area contributed by atoms with E-state index in [1.165, 1.54) is 0 Å². The van der Waals surface area contributed by atoms with Crippen molar-refractivity contribution in [1.82, 2.24) is 0 Å². The Labute approximate surface area is 178 Å².